The van der Waals surface area contributed by atoms with Crippen LogP contribution in [0.4, 0.5) is 5.82 Å². The van der Waals surface area contributed by atoms with Crippen LogP contribution in [0.1, 0.15) is 31.0 Å². The molecule has 0 radical (unpaired) electrons. The third-order valence-electron chi connectivity index (χ3n) is 2.97. The number of H-pyrrole nitrogens is 1. The predicted molar refractivity (Wildman–Crippen MR) is 66.5 cm³/mol. The summed E-state index contributed by atoms with van der Waals surface area (Å²) in [6.07, 6.45) is 3.98. The van der Waals surface area contributed by atoms with Crippen LogP contribution < -0.4 is 11.0 Å². The Morgan fingerprint density at radius 3 is 3.12 bits per heavy atom. The molecule has 0 saturated heterocycles. The smallest absolute Gasteiger partial charge is 0.347 e. The molecule has 2 heterocycles. The van der Waals surface area contributed by atoms with E-state index in [0.717, 1.165) is 49.3 Å². The number of hydrogen-bond donors (Lipinski definition) is 2. The number of rotatable bonds is 4. The van der Waals surface area contributed by atoms with Gasteiger partial charge >= 0.3 is 5.69 Å². The van der Waals surface area contributed by atoms with Crippen LogP contribution in [0.5, 0.6) is 0 Å². The Kier molecular flexibility index (Phi) is 4.14. The minimum absolute atomic E-state index is 0.273. The van der Waals surface area contributed by atoms with E-state index in [-0.39, 0.29) is 5.69 Å². The molecule has 0 unspecified atom stereocenters. The van der Waals surface area contributed by atoms with E-state index in [4.69, 9.17) is 4.74 Å². The number of anilines is 1. The summed E-state index contributed by atoms with van der Waals surface area (Å²) in [5.74, 6) is 0.762. The number of nitrogens with zero attached hydrogens (tertiary/aromatic N) is 1. The van der Waals surface area contributed by atoms with Crippen LogP contribution in [0.3, 0.4) is 0 Å². The zero-order valence-corrected chi connectivity index (χ0v) is 10.2. The van der Waals surface area contributed by atoms with Gasteiger partial charge in [0.25, 0.3) is 0 Å². The summed E-state index contributed by atoms with van der Waals surface area (Å²) in [4.78, 5) is 18.3. The van der Waals surface area contributed by atoms with Crippen molar-refractivity contribution in [3.63, 3.8) is 0 Å². The zero-order valence-electron chi connectivity index (χ0n) is 10.2. The second-order valence-corrected chi connectivity index (χ2v) is 4.18. The van der Waals surface area contributed by atoms with Crippen molar-refractivity contribution >= 4 is 5.82 Å². The summed E-state index contributed by atoms with van der Waals surface area (Å²) in [5.41, 5.74) is 1.86. The van der Waals surface area contributed by atoms with Gasteiger partial charge in [0, 0.05) is 30.8 Å². The van der Waals surface area contributed by atoms with Gasteiger partial charge in [-0.3, -0.25) is 0 Å². The number of aromatic nitrogens is 2. The van der Waals surface area contributed by atoms with E-state index < -0.39 is 0 Å². The first kappa shape index (κ1) is 12.1. The third-order valence-corrected chi connectivity index (χ3v) is 2.97. The topological polar surface area (TPSA) is 67.0 Å². The molecule has 1 aromatic heterocycles. The van der Waals surface area contributed by atoms with Gasteiger partial charge in [0.1, 0.15) is 5.82 Å². The highest BCUT2D eigenvalue weighted by molar-refractivity contribution is 5.46. The van der Waals surface area contributed by atoms with Crippen LogP contribution >= 0.6 is 0 Å². The van der Waals surface area contributed by atoms with Crippen LogP contribution in [0.15, 0.2) is 4.79 Å². The molecule has 0 atom stereocenters. The van der Waals surface area contributed by atoms with Gasteiger partial charge in [-0.15, -0.1) is 0 Å². The molecular formula is C12H19N3O2. The van der Waals surface area contributed by atoms with Crippen molar-refractivity contribution in [1.82, 2.24) is 9.97 Å². The van der Waals surface area contributed by atoms with Gasteiger partial charge in [-0.05, 0) is 26.2 Å². The lowest BCUT2D eigenvalue weighted by atomic mass is 10.1. The lowest BCUT2D eigenvalue weighted by molar-refractivity contribution is 0.150. The predicted octanol–water partition coefficient (Wildman–Crippen LogP) is 1.10. The van der Waals surface area contributed by atoms with E-state index in [2.05, 4.69) is 15.3 Å². The lowest BCUT2D eigenvalue weighted by Crippen LogP contribution is -2.19. The molecule has 1 aliphatic heterocycles. The normalized spacial score (nSPS) is 14.9. The quantitative estimate of drug-likeness (QED) is 0.769. The van der Waals surface area contributed by atoms with E-state index in [9.17, 15) is 4.79 Å². The molecule has 0 aliphatic carbocycles. The standard InChI is InChI=1S/C12H19N3O2/c1-2-17-8-6-10-9-5-3-4-7-13-11(9)15-12(16)14-10/h2-8H2,1H3,(H2,13,14,15,16). The highest BCUT2D eigenvalue weighted by Gasteiger charge is 2.14. The van der Waals surface area contributed by atoms with E-state index in [1.54, 1.807) is 0 Å². The van der Waals surface area contributed by atoms with Gasteiger partial charge in [0.05, 0.1) is 6.61 Å². The molecule has 17 heavy (non-hydrogen) atoms. The van der Waals surface area contributed by atoms with Crippen LogP contribution in [-0.4, -0.2) is 29.7 Å². The Balaban J connectivity index is 2.23. The molecule has 1 aromatic rings. The molecule has 2 N–H and O–H groups in total. The van der Waals surface area contributed by atoms with E-state index in [1.165, 1.54) is 0 Å². The van der Waals surface area contributed by atoms with Crippen LogP contribution in [0, 0.1) is 0 Å². The van der Waals surface area contributed by atoms with Crippen molar-refractivity contribution in [2.45, 2.75) is 32.6 Å². The van der Waals surface area contributed by atoms with Crippen molar-refractivity contribution < 1.29 is 4.74 Å². The Bertz CT molecular complexity index is 428. The van der Waals surface area contributed by atoms with Crippen LogP contribution in [0.25, 0.3) is 0 Å². The van der Waals surface area contributed by atoms with Gasteiger partial charge in [-0.25, -0.2) is 4.79 Å². The molecule has 0 saturated carbocycles. The minimum atomic E-state index is -0.273. The van der Waals surface area contributed by atoms with Gasteiger partial charge < -0.3 is 15.0 Å². The van der Waals surface area contributed by atoms with Gasteiger partial charge in [-0.2, -0.15) is 4.98 Å². The Hall–Kier alpha value is -1.36. The van der Waals surface area contributed by atoms with Crippen molar-refractivity contribution in [1.29, 1.82) is 0 Å². The van der Waals surface area contributed by atoms with Crippen molar-refractivity contribution in [2.75, 3.05) is 25.1 Å². The Labute approximate surface area is 101 Å². The summed E-state index contributed by atoms with van der Waals surface area (Å²) < 4.78 is 5.34. The molecule has 1 aliphatic rings. The SMILES string of the molecule is CCOCCc1[nH]c(=O)nc2c1CCCCN2. The highest BCUT2D eigenvalue weighted by atomic mass is 16.5. The first-order chi connectivity index (χ1) is 8.31. The first-order valence-electron chi connectivity index (χ1n) is 6.25. The summed E-state index contributed by atoms with van der Waals surface area (Å²) in [6.45, 7) is 4.21. The fourth-order valence-electron chi connectivity index (χ4n) is 2.13. The molecule has 0 fully saturated rings. The third kappa shape index (κ3) is 3.06. The maximum absolute atomic E-state index is 11.5. The van der Waals surface area contributed by atoms with Gasteiger partial charge in [-0.1, -0.05) is 0 Å². The number of ether oxygens (including phenoxy) is 1. The lowest BCUT2D eigenvalue weighted by Gasteiger charge is -2.11. The van der Waals surface area contributed by atoms with Crippen molar-refractivity contribution in [3.05, 3.63) is 21.7 Å². The summed E-state index contributed by atoms with van der Waals surface area (Å²) in [6, 6.07) is 0. The molecule has 0 amide bonds. The fraction of sp³-hybridized carbons (Fsp3) is 0.667. The maximum Gasteiger partial charge on any atom is 0.347 e. The second-order valence-electron chi connectivity index (χ2n) is 4.18. The van der Waals surface area contributed by atoms with Crippen LogP contribution in [0.2, 0.25) is 0 Å². The average Bonchev–Trinajstić information content (AvgIpc) is 2.54. The molecule has 0 spiro atoms. The number of hydrogen-bond acceptors (Lipinski definition) is 4. The molecule has 5 heteroatoms. The Morgan fingerprint density at radius 2 is 2.29 bits per heavy atom. The minimum Gasteiger partial charge on any atom is -0.381 e. The van der Waals surface area contributed by atoms with E-state index >= 15 is 0 Å². The fourth-order valence-corrected chi connectivity index (χ4v) is 2.13. The van der Waals surface area contributed by atoms with Gasteiger partial charge in [0.15, 0.2) is 0 Å². The Morgan fingerprint density at radius 1 is 1.41 bits per heavy atom. The molecule has 0 aromatic carbocycles. The largest absolute Gasteiger partial charge is 0.381 e. The average molecular weight is 237 g/mol. The first-order valence-corrected chi connectivity index (χ1v) is 6.25. The maximum atomic E-state index is 11.5. The summed E-state index contributed by atoms with van der Waals surface area (Å²) in [5, 5.41) is 3.22. The molecular weight excluding hydrogens is 218 g/mol. The summed E-state index contributed by atoms with van der Waals surface area (Å²) in [7, 11) is 0. The number of aromatic amines is 1. The van der Waals surface area contributed by atoms with E-state index in [0.29, 0.717) is 13.2 Å². The molecule has 0 bridgehead atoms. The summed E-state index contributed by atoms with van der Waals surface area (Å²) >= 11 is 0. The van der Waals surface area contributed by atoms with Gasteiger partial charge in [0.2, 0.25) is 0 Å². The van der Waals surface area contributed by atoms with Crippen molar-refractivity contribution in [2.24, 2.45) is 0 Å². The number of fused-ring (bicyclic) bond motifs is 1. The zero-order chi connectivity index (χ0) is 12.1. The van der Waals surface area contributed by atoms with Crippen LogP contribution in [-0.2, 0) is 17.6 Å². The van der Waals surface area contributed by atoms with Crippen molar-refractivity contribution in [3.8, 4) is 0 Å². The molecule has 94 valence electrons. The monoisotopic (exact) mass is 237 g/mol. The highest BCUT2D eigenvalue weighted by Crippen LogP contribution is 2.20. The van der Waals surface area contributed by atoms with E-state index in [1.807, 2.05) is 6.92 Å². The second kappa shape index (κ2) is 5.82. The molecule has 2 rings (SSSR count). The number of nitrogens with one attached hydrogen (secondary N) is 2. The molecule has 5 nitrogen and oxygen atoms in total.